The van der Waals surface area contributed by atoms with Gasteiger partial charge in [0.15, 0.2) is 5.71 Å². The number of nitro groups is 1. The molecule has 3 rings (SSSR count). The van der Waals surface area contributed by atoms with E-state index in [1.165, 1.54) is 6.07 Å². The van der Waals surface area contributed by atoms with Crippen molar-refractivity contribution in [3.8, 4) is 5.75 Å². The molecule has 2 aromatic carbocycles. The van der Waals surface area contributed by atoms with Gasteiger partial charge in [-0.2, -0.15) is 0 Å². The van der Waals surface area contributed by atoms with Crippen LogP contribution in [0, 0.1) is 10.1 Å². The first-order valence-corrected chi connectivity index (χ1v) is 6.39. The maximum absolute atomic E-state index is 11.4. The standard InChI is InChI=1S/C15H12N2O4/c18-12-9-5-4-8-11(12)15-14(17(19)20)13(16-21-15)10-6-2-1-3-7-10/h1-9,14-15,18H/t14-,15-/m0/s1. The largest absolute Gasteiger partial charge is 0.508 e. The third-order valence-corrected chi connectivity index (χ3v) is 3.37. The lowest BCUT2D eigenvalue weighted by atomic mass is 9.95. The molecule has 0 amide bonds. The molecule has 1 heterocycles. The van der Waals surface area contributed by atoms with Gasteiger partial charge in [-0.05, 0) is 6.07 Å². The molecule has 0 radical (unpaired) electrons. The van der Waals surface area contributed by atoms with Crippen molar-refractivity contribution in [1.82, 2.24) is 0 Å². The van der Waals surface area contributed by atoms with E-state index in [-0.39, 0.29) is 11.5 Å². The molecule has 0 saturated heterocycles. The number of aromatic hydroxyl groups is 1. The summed E-state index contributed by atoms with van der Waals surface area (Å²) in [5.74, 6) is -0.0427. The third-order valence-electron chi connectivity index (χ3n) is 3.37. The van der Waals surface area contributed by atoms with Crippen LogP contribution in [-0.4, -0.2) is 21.8 Å². The normalized spacial score (nSPS) is 20.7. The summed E-state index contributed by atoms with van der Waals surface area (Å²) < 4.78 is 0. The molecule has 6 heteroatoms. The molecule has 6 nitrogen and oxygen atoms in total. The van der Waals surface area contributed by atoms with E-state index in [0.29, 0.717) is 11.1 Å². The molecule has 0 bridgehead atoms. The van der Waals surface area contributed by atoms with Crippen molar-refractivity contribution in [2.75, 3.05) is 0 Å². The fourth-order valence-corrected chi connectivity index (χ4v) is 2.37. The first kappa shape index (κ1) is 13.1. The van der Waals surface area contributed by atoms with Crippen LogP contribution in [-0.2, 0) is 4.84 Å². The van der Waals surface area contributed by atoms with Crippen LogP contribution >= 0.6 is 0 Å². The van der Waals surface area contributed by atoms with Gasteiger partial charge in [-0.3, -0.25) is 10.1 Å². The molecule has 0 unspecified atom stereocenters. The SMILES string of the molecule is O=[N+]([O-])[C@H]1C(c2ccccc2)=NO[C@H]1c1ccccc1O. The summed E-state index contributed by atoms with van der Waals surface area (Å²) in [5, 5.41) is 25.2. The van der Waals surface area contributed by atoms with Crippen LogP contribution in [0.15, 0.2) is 59.8 Å². The molecule has 2 atom stereocenters. The molecule has 1 aliphatic heterocycles. The summed E-state index contributed by atoms with van der Waals surface area (Å²) in [5.41, 5.74) is 1.25. The molecule has 2 aromatic rings. The Kier molecular flexibility index (Phi) is 3.27. The summed E-state index contributed by atoms with van der Waals surface area (Å²) in [6.07, 6.45) is -0.934. The predicted octanol–water partition coefficient (Wildman–Crippen LogP) is 2.51. The van der Waals surface area contributed by atoms with Crippen molar-refractivity contribution in [3.05, 3.63) is 75.8 Å². The molecule has 0 aromatic heterocycles. The quantitative estimate of drug-likeness (QED) is 0.693. The molecule has 21 heavy (non-hydrogen) atoms. The number of hydrogen-bond acceptors (Lipinski definition) is 5. The summed E-state index contributed by atoms with van der Waals surface area (Å²) in [7, 11) is 0. The number of hydrogen-bond donors (Lipinski definition) is 1. The molecular formula is C15H12N2O4. The Morgan fingerprint density at radius 3 is 2.43 bits per heavy atom. The maximum Gasteiger partial charge on any atom is 0.301 e. The number of phenolic OH excluding ortho intramolecular Hbond substituents is 1. The zero-order valence-corrected chi connectivity index (χ0v) is 10.9. The second kappa shape index (κ2) is 5.24. The van der Waals surface area contributed by atoms with Gasteiger partial charge in [-0.1, -0.05) is 53.7 Å². The minimum atomic E-state index is -1.15. The second-order valence-corrected chi connectivity index (χ2v) is 4.66. The Morgan fingerprint density at radius 2 is 1.76 bits per heavy atom. The highest BCUT2D eigenvalue weighted by Gasteiger charge is 2.46. The average molecular weight is 284 g/mol. The van der Waals surface area contributed by atoms with Crippen molar-refractivity contribution < 1.29 is 14.9 Å². The van der Waals surface area contributed by atoms with Crippen LogP contribution in [0.25, 0.3) is 0 Å². The molecule has 0 aliphatic carbocycles. The predicted molar refractivity (Wildman–Crippen MR) is 75.7 cm³/mol. The summed E-state index contributed by atoms with van der Waals surface area (Å²) in [4.78, 5) is 16.3. The lowest BCUT2D eigenvalue weighted by Gasteiger charge is -2.13. The van der Waals surface area contributed by atoms with Crippen LogP contribution in [0.5, 0.6) is 5.75 Å². The number of benzene rings is 2. The Morgan fingerprint density at radius 1 is 1.10 bits per heavy atom. The average Bonchev–Trinajstić information content (AvgIpc) is 2.93. The third kappa shape index (κ3) is 2.31. The van der Waals surface area contributed by atoms with E-state index >= 15 is 0 Å². The van der Waals surface area contributed by atoms with Gasteiger partial charge in [0, 0.05) is 16.1 Å². The topological polar surface area (TPSA) is 85.0 Å². The van der Waals surface area contributed by atoms with Gasteiger partial charge in [0.05, 0.1) is 0 Å². The Hall–Kier alpha value is -2.89. The molecule has 0 fully saturated rings. The van der Waals surface area contributed by atoms with Crippen LogP contribution in [0.2, 0.25) is 0 Å². The van der Waals surface area contributed by atoms with Crippen molar-refractivity contribution in [2.45, 2.75) is 12.1 Å². The second-order valence-electron chi connectivity index (χ2n) is 4.66. The van der Waals surface area contributed by atoms with E-state index in [1.54, 1.807) is 42.5 Å². The van der Waals surface area contributed by atoms with E-state index in [0.717, 1.165) is 0 Å². The molecule has 106 valence electrons. The number of nitrogens with zero attached hydrogens (tertiary/aromatic N) is 2. The van der Waals surface area contributed by atoms with Gasteiger partial charge in [-0.15, -0.1) is 0 Å². The summed E-state index contributed by atoms with van der Waals surface area (Å²) in [6.45, 7) is 0. The lowest BCUT2D eigenvalue weighted by molar-refractivity contribution is -0.512. The van der Waals surface area contributed by atoms with Crippen LogP contribution in [0.1, 0.15) is 17.2 Å². The van der Waals surface area contributed by atoms with Crippen molar-refractivity contribution >= 4 is 5.71 Å². The van der Waals surface area contributed by atoms with E-state index in [4.69, 9.17) is 4.84 Å². The van der Waals surface area contributed by atoms with Gasteiger partial charge >= 0.3 is 6.04 Å². The number of phenols is 1. The first-order valence-electron chi connectivity index (χ1n) is 6.39. The van der Waals surface area contributed by atoms with Gasteiger partial charge in [0.2, 0.25) is 6.10 Å². The first-order chi connectivity index (χ1) is 10.2. The fraction of sp³-hybridized carbons (Fsp3) is 0.133. The van der Waals surface area contributed by atoms with Crippen molar-refractivity contribution in [1.29, 1.82) is 0 Å². The van der Waals surface area contributed by atoms with E-state index < -0.39 is 17.1 Å². The summed E-state index contributed by atoms with van der Waals surface area (Å²) in [6, 6.07) is 14.1. The number of rotatable bonds is 3. The van der Waals surface area contributed by atoms with E-state index in [2.05, 4.69) is 5.16 Å². The molecule has 0 spiro atoms. The van der Waals surface area contributed by atoms with E-state index in [9.17, 15) is 15.2 Å². The smallest absolute Gasteiger partial charge is 0.301 e. The van der Waals surface area contributed by atoms with Crippen LogP contribution in [0.3, 0.4) is 0 Å². The van der Waals surface area contributed by atoms with E-state index in [1.807, 2.05) is 6.07 Å². The zero-order valence-electron chi connectivity index (χ0n) is 10.9. The van der Waals surface area contributed by atoms with Crippen LogP contribution in [0.4, 0.5) is 0 Å². The van der Waals surface area contributed by atoms with Gasteiger partial charge in [0.1, 0.15) is 5.75 Å². The zero-order chi connectivity index (χ0) is 14.8. The lowest BCUT2D eigenvalue weighted by Crippen LogP contribution is -2.32. The molecule has 1 aliphatic rings. The van der Waals surface area contributed by atoms with Gasteiger partial charge in [0.25, 0.3) is 0 Å². The maximum atomic E-state index is 11.4. The van der Waals surface area contributed by atoms with Gasteiger partial charge in [-0.25, -0.2) is 0 Å². The van der Waals surface area contributed by atoms with Crippen molar-refractivity contribution in [2.24, 2.45) is 5.16 Å². The highest BCUT2D eigenvalue weighted by Crippen LogP contribution is 2.35. The molecule has 0 saturated carbocycles. The fourth-order valence-electron chi connectivity index (χ4n) is 2.37. The Bertz CT molecular complexity index is 700. The minimum Gasteiger partial charge on any atom is -0.508 e. The van der Waals surface area contributed by atoms with Crippen LogP contribution < -0.4 is 0 Å². The Balaban J connectivity index is 2.00. The van der Waals surface area contributed by atoms with Gasteiger partial charge < -0.3 is 9.94 Å². The molecular weight excluding hydrogens is 272 g/mol. The Labute approximate surface area is 120 Å². The summed E-state index contributed by atoms with van der Waals surface area (Å²) >= 11 is 0. The monoisotopic (exact) mass is 284 g/mol. The highest BCUT2D eigenvalue weighted by atomic mass is 16.7. The molecule has 1 N–H and O–H groups in total. The van der Waals surface area contributed by atoms with Crippen molar-refractivity contribution in [3.63, 3.8) is 0 Å². The number of para-hydroxylation sites is 1. The highest BCUT2D eigenvalue weighted by molar-refractivity contribution is 6.04. The number of oxime groups is 1. The minimum absolute atomic E-state index is 0.0427.